The van der Waals surface area contributed by atoms with Gasteiger partial charge in [-0.05, 0) is 18.2 Å². The van der Waals surface area contributed by atoms with Gasteiger partial charge in [-0.3, -0.25) is 14.5 Å². The van der Waals surface area contributed by atoms with Gasteiger partial charge in [-0.15, -0.1) is 0 Å². The van der Waals surface area contributed by atoms with Crippen LogP contribution < -0.4 is 0 Å². The lowest BCUT2D eigenvalue weighted by Crippen LogP contribution is -2.40. The van der Waals surface area contributed by atoms with Gasteiger partial charge in [-0.25, -0.2) is 13.4 Å². The first-order valence-electron chi connectivity index (χ1n) is 9.17. The highest BCUT2D eigenvalue weighted by Gasteiger charge is 2.47. The molecular formula is C18H16F3N3O6S. The van der Waals surface area contributed by atoms with Crippen molar-refractivity contribution in [2.24, 2.45) is 0 Å². The Hall–Kier alpha value is -2.61. The van der Waals surface area contributed by atoms with E-state index in [9.17, 15) is 31.2 Å². The molecule has 4 rings (SSSR count). The van der Waals surface area contributed by atoms with Gasteiger partial charge in [0.15, 0.2) is 5.69 Å². The van der Waals surface area contributed by atoms with Gasteiger partial charge in [0.05, 0.1) is 47.9 Å². The maximum Gasteiger partial charge on any atom is 0.434 e. The van der Waals surface area contributed by atoms with Gasteiger partial charge in [0, 0.05) is 18.5 Å². The van der Waals surface area contributed by atoms with Crippen molar-refractivity contribution < 1.29 is 41.0 Å². The summed E-state index contributed by atoms with van der Waals surface area (Å²) in [7, 11) is -4.01. The first kappa shape index (κ1) is 21.6. The molecule has 0 spiro atoms. The van der Waals surface area contributed by atoms with Crippen LogP contribution in [0.15, 0.2) is 23.1 Å². The fourth-order valence-electron chi connectivity index (χ4n) is 3.64. The zero-order valence-electron chi connectivity index (χ0n) is 15.8. The predicted octanol–water partition coefficient (Wildman–Crippen LogP) is 0.863. The first-order valence-corrected chi connectivity index (χ1v) is 10.6. The molecule has 1 N–H and O–H groups in total. The number of nitrogens with zero attached hydrogens (tertiary/aromatic N) is 3. The van der Waals surface area contributed by atoms with Crippen LogP contribution in [0.25, 0.3) is 10.9 Å². The van der Waals surface area contributed by atoms with Crippen LogP contribution in [0.1, 0.15) is 26.4 Å². The van der Waals surface area contributed by atoms with Crippen molar-refractivity contribution in [3.8, 4) is 0 Å². The third kappa shape index (κ3) is 3.46. The van der Waals surface area contributed by atoms with E-state index in [-0.39, 0.29) is 42.1 Å². The zero-order valence-corrected chi connectivity index (χ0v) is 16.7. The summed E-state index contributed by atoms with van der Waals surface area (Å²) in [5.41, 5.74) is -3.33. The van der Waals surface area contributed by atoms with Crippen molar-refractivity contribution in [1.82, 2.24) is 14.2 Å². The Morgan fingerprint density at radius 1 is 1.10 bits per heavy atom. The number of amides is 2. The van der Waals surface area contributed by atoms with Crippen LogP contribution in [-0.2, 0) is 20.9 Å². The van der Waals surface area contributed by atoms with Gasteiger partial charge in [0.1, 0.15) is 0 Å². The Kier molecular flexibility index (Phi) is 5.24. The Balaban J connectivity index is 1.95. The molecule has 1 aromatic carbocycles. The van der Waals surface area contributed by atoms with Crippen molar-refractivity contribution >= 4 is 32.7 Å². The van der Waals surface area contributed by atoms with Crippen LogP contribution in [0, 0.1) is 0 Å². The molecule has 0 radical (unpaired) electrons. The summed E-state index contributed by atoms with van der Waals surface area (Å²) in [6.07, 6.45) is -5.03. The quantitative estimate of drug-likeness (QED) is 0.674. The first-order chi connectivity index (χ1) is 14.6. The standard InChI is InChI=1S/C18H16F3N3O6S/c19-18(20,21)15-14-13(16(26)24(3-6-25)17(14)27)11-9-10(1-2-12(11)22-15)31(28,29)23-4-7-30-8-5-23/h1-2,9,25H,3-8H2. The Bertz CT molecular complexity index is 1190. The molecule has 0 bridgehead atoms. The number of carbonyl (C=O) groups excluding carboxylic acids is 2. The Labute approximate surface area is 174 Å². The fraction of sp³-hybridized carbons (Fsp3) is 0.389. The monoisotopic (exact) mass is 459 g/mol. The molecule has 2 aliphatic heterocycles. The van der Waals surface area contributed by atoms with Gasteiger partial charge in [0.25, 0.3) is 11.8 Å². The Morgan fingerprint density at radius 3 is 2.35 bits per heavy atom. The van der Waals surface area contributed by atoms with Gasteiger partial charge >= 0.3 is 6.18 Å². The van der Waals surface area contributed by atoms with Crippen molar-refractivity contribution in [3.63, 3.8) is 0 Å². The predicted molar refractivity (Wildman–Crippen MR) is 98.8 cm³/mol. The number of halogens is 3. The second-order valence-corrected chi connectivity index (χ2v) is 8.83. The molecule has 166 valence electrons. The molecule has 0 aliphatic carbocycles. The maximum atomic E-state index is 13.6. The van der Waals surface area contributed by atoms with Crippen molar-refractivity contribution in [1.29, 1.82) is 0 Å². The number of hydrogen-bond acceptors (Lipinski definition) is 7. The molecule has 31 heavy (non-hydrogen) atoms. The summed E-state index contributed by atoms with van der Waals surface area (Å²) in [4.78, 5) is 29.1. The number of aliphatic hydroxyl groups is 1. The summed E-state index contributed by atoms with van der Waals surface area (Å²) in [6.45, 7) is -0.549. The van der Waals surface area contributed by atoms with Crippen molar-refractivity contribution in [2.75, 3.05) is 39.5 Å². The highest BCUT2D eigenvalue weighted by molar-refractivity contribution is 7.89. The number of ether oxygens (including phenoxy) is 1. The molecule has 1 aromatic heterocycles. The maximum absolute atomic E-state index is 13.6. The fourth-order valence-corrected chi connectivity index (χ4v) is 5.07. The van der Waals surface area contributed by atoms with Crippen LogP contribution in [0.5, 0.6) is 0 Å². The van der Waals surface area contributed by atoms with E-state index in [0.717, 1.165) is 18.2 Å². The van der Waals surface area contributed by atoms with Crippen molar-refractivity contribution in [3.05, 3.63) is 35.0 Å². The molecule has 0 unspecified atom stereocenters. The molecular weight excluding hydrogens is 443 g/mol. The van der Waals surface area contributed by atoms with E-state index in [2.05, 4.69) is 4.98 Å². The average Bonchev–Trinajstić information content (AvgIpc) is 2.98. The molecule has 2 aromatic rings. The number of carbonyl (C=O) groups is 2. The molecule has 2 aliphatic rings. The summed E-state index contributed by atoms with van der Waals surface area (Å²) in [5.74, 6) is -2.29. The highest BCUT2D eigenvalue weighted by Crippen LogP contribution is 2.39. The number of pyridine rings is 1. The molecule has 9 nitrogen and oxygen atoms in total. The average molecular weight is 459 g/mol. The lowest BCUT2D eigenvalue weighted by molar-refractivity contribution is -0.141. The van der Waals surface area contributed by atoms with E-state index in [1.54, 1.807) is 0 Å². The van der Waals surface area contributed by atoms with Gasteiger partial charge in [-0.2, -0.15) is 17.5 Å². The second kappa shape index (κ2) is 7.51. The number of hydrogen-bond donors (Lipinski definition) is 1. The number of imide groups is 1. The van der Waals surface area contributed by atoms with Crippen LogP contribution in [0.2, 0.25) is 0 Å². The lowest BCUT2D eigenvalue weighted by Gasteiger charge is -2.26. The van der Waals surface area contributed by atoms with E-state index < -0.39 is 58.0 Å². The van der Waals surface area contributed by atoms with E-state index in [1.165, 1.54) is 4.31 Å². The Morgan fingerprint density at radius 2 is 1.74 bits per heavy atom. The van der Waals surface area contributed by atoms with E-state index in [0.29, 0.717) is 4.90 Å². The van der Waals surface area contributed by atoms with E-state index in [1.807, 2.05) is 0 Å². The number of sulfonamides is 1. The van der Waals surface area contributed by atoms with Crippen LogP contribution in [-0.4, -0.2) is 79.0 Å². The number of rotatable bonds is 4. The number of benzene rings is 1. The third-order valence-electron chi connectivity index (χ3n) is 5.07. The smallest absolute Gasteiger partial charge is 0.395 e. The minimum atomic E-state index is -5.03. The molecule has 1 fully saturated rings. The minimum Gasteiger partial charge on any atom is -0.395 e. The topological polar surface area (TPSA) is 117 Å². The summed E-state index contributed by atoms with van der Waals surface area (Å²) in [5, 5.41) is 8.92. The number of β-amino-alcohol motifs (C(OH)–C–C–N with tert-alkyl or cyclic N) is 1. The lowest BCUT2D eigenvalue weighted by atomic mass is 10.0. The number of morpholine rings is 1. The number of aromatic nitrogens is 1. The number of fused-ring (bicyclic) bond motifs is 3. The van der Waals surface area contributed by atoms with Crippen LogP contribution in [0.3, 0.4) is 0 Å². The largest absolute Gasteiger partial charge is 0.434 e. The molecule has 2 amide bonds. The zero-order chi connectivity index (χ0) is 22.6. The summed E-state index contributed by atoms with van der Waals surface area (Å²) in [6, 6.07) is 3.24. The molecule has 0 atom stereocenters. The molecule has 0 saturated carbocycles. The number of aliphatic hydroxyl groups excluding tert-OH is 1. The number of alkyl halides is 3. The molecule has 3 heterocycles. The normalized spacial score (nSPS) is 18.1. The van der Waals surface area contributed by atoms with Gasteiger partial charge < -0.3 is 9.84 Å². The minimum absolute atomic E-state index is 0.103. The van der Waals surface area contributed by atoms with E-state index in [4.69, 9.17) is 9.84 Å². The highest BCUT2D eigenvalue weighted by atomic mass is 32.2. The second-order valence-electron chi connectivity index (χ2n) is 6.89. The van der Waals surface area contributed by atoms with Crippen LogP contribution >= 0.6 is 0 Å². The summed E-state index contributed by atoms with van der Waals surface area (Å²) < 4.78 is 73.0. The summed E-state index contributed by atoms with van der Waals surface area (Å²) >= 11 is 0. The third-order valence-corrected chi connectivity index (χ3v) is 6.97. The van der Waals surface area contributed by atoms with Crippen LogP contribution in [0.4, 0.5) is 13.2 Å². The molecule has 13 heteroatoms. The SMILES string of the molecule is O=C1c2c(C(F)(F)F)nc3ccc(S(=O)(=O)N4CCOCC4)cc3c2C(=O)N1CCO. The van der Waals surface area contributed by atoms with Gasteiger partial charge in [0.2, 0.25) is 10.0 Å². The molecule has 1 saturated heterocycles. The van der Waals surface area contributed by atoms with Gasteiger partial charge in [-0.1, -0.05) is 0 Å². The van der Waals surface area contributed by atoms with E-state index >= 15 is 0 Å². The van der Waals surface area contributed by atoms with Crippen molar-refractivity contribution in [2.45, 2.75) is 11.1 Å².